The molecule has 0 aliphatic rings. The van der Waals surface area contributed by atoms with Crippen LogP contribution in [0, 0.1) is 6.92 Å². The minimum atomic E-state index is -4.35. The quantitative estimate of drug-likeness (QED) is 0.184. The first-order valence-corrected chi connectivity index (χ1v) is 13.9. The highest BCUT2D eigenvalue weighted by Gasteiger charge is 2.29. The molecule has 0 atom stereocenters. The molecule has 4 nitrogen and oxygen atoms in total. The number of nitrogens with zero attached hydrogens (tertiary/aromatic N) is 2. The highest BCUT2D eigenvalue weighted by Crippen LogP contribution is 2.32. The van der Waals surface area contributed by atoms with Gasteiger partial charge in [0.25, 0.3) is 6.47 Å². The molecule has 0 aliphatic carbocycles. The SMILES string of the molecule is Cc1ccc(CCn2cc(-c3ccc(Cl)cc3Cl)nc2/C=C/c2ccc(-c3ccc(C(F)(F)F)cc3)cc2)cc1.O=CO. The van der Waals surface area contributed by atoms with Crippen molar-refractivity contribution in [3.63, 3.8) is 0 Å². The zero-order chi connectivity index (χ0) is 31.0. The van der Waals surface area contributed by atoms with Gasteiger partial charge >= 0.3 is 6.18 Å². The Morgan fingerprint density at radius 3 is 2.05 bits per heavy atom. The summed E-state index contributed by atoms with van der Waals surface area (Å²) in [5, 5.41) is 7.98. The molecule has 0 saturated heterocycles. The number of imidazole rings is 1. The monoisotopic (exact) mass is 622 g/mol. The van der Waals surface area contributed by atoms with Gasteiger partial charge in [-0.15, -0.1) is 0 Å². The van der Waals surface area contributed by atoms with Gasteiger partial charge in [0.1, 0.15) is 5.82 Å². The molecule has 0 amide bonds. The van der Waals surface area contributed by atoms with Crippen molar-refractivity contribution >= 4 is 41.8 Å². The van der Waals surface area contributed by atoms with Crippen molar-refractivity contribution in [2.24, 2.45) is 0 Å². The van der Waals surface area contributed by atoms with E-state index in [9.17, 15) is 13.2 Å². The van der Waals surface area contributed by atoms with Crippen LogP contribution in [0.15, 0.2) is 97.2 Å². The van der Waals surface area contributed by atoms with Gasteiger partial charge in [-0.25, -0.2) is 4.98 Å². The van der Waals surface area contributed by atoms with E-state index in [1.165, 1.54) is 23.3 Å². The Morgan fingerprint density at radius 2 is 1.47 bits per heavy atom. The number of aromatic nitrogens is 2. The van der Waals surface area contributed by atoms with Crippen LogP contribution < -0.4 is 0 Å². The molecular formula is C34H27Cl2F3N2O2. The van der Waals surface area contributed by atoms with Crippen LogP contribution in [-0.2, 0) is 23.9 Å². The summed E-state index contributed by atoms with van der Waals surface area (Å²) in [5.74, 6) is 0.778. The lowest BCUT2D eigenvalue weighted by atomic mass is 10.0. The van der Waals surface area contributed by atoms with Crippen LogP contribution in [0.25, 0.3) is 34.5 Å². The molecule has 0 bridgehead atoms. The third-order valence-electron chi connectivity index (χ3n) is 6.66. The van der Waals surface area contributed by atoms with E-state index in [0.29, 0.717) is 10.0 Å². The van der Waals surface area contributed by atoms with Crippen molar-refractivity contribution in [1.29, 1.82) is 0 Å². The number of carbonyl (C=O) groups is 1. The highest BCUT2D eigenvalue weighted by atomic mass is 35.5. The zero-order valence-electron chi connectivity index (χ0n) is 23.0. The highest BCUT2D eigenvalue weighted by molar-refractivity contribution is 6.36. The van der Waals surface area contributed by atoms with E-state index in [1.54, 1.807) is 12.1 Å². The molecule has 0 radical (unpaired) electrons. The lowest BCUT2D eigenvalue weighted by Gasteiger charge is -2.08. The van der Waals surface area contributed by atoms with Crippen LogP contribution in [0.1, 0.15) is 28.1 Å². The third kappa shape index (κ3) is 8.60. The number of alkyl halides is 3. The molecule has 1 N–H and O–H groups in total. The number of benzene rings is 4. The van der Waals surface area contributed by atoms with Gasteiger partial charge in [-0.1, -0.05) is 95.5 Å². The molecule has 4 aromatic carbocycles. The van der Waals surface area contributed by atoms with Crippen molar-refractivity contribution in [1.82, 2.24) is 9.55 Å². The number of rotatable bonds is 7. The fourth-order valence-corrected chi connectivity index (χ4v) is 4.89. The van der Waals surface area contributed by atoms with E-state index in [2.05, 4.69) is 35.8 Å². The summed E-state index contributed by atoms with van der Waals surface area (Å²) in [7, 11) is 0. The summed E-state index contributed by atoms with van der Waals surface area (Å²) >= 11 is 12.6. The molecule has 0 aliphatic heterocycles. The normalized spacial score (nSPS) is 11.3. The fraction of sp³-hybridized carbons (Fsp3) is 0.118. The summed E-state index contributed by atoms with van der Waals surface area (Å²) in [5.41, 5.74) is 5.85. The fourth-order valence-electron chi connectivity index (χ4n) is 4.38. The Labute approximate surface area is 257 Å². The van der Waals surface area contributed by atoms with Crippen LogP contribution >= 0.6 is 23.2 Å². The van der Waals surface area contributed by atoms with Crippen LogP contribution in [0.3, 0.4) is 0 Å². The van der Waals surface area contributed by atoms with Crippen molar-refractivity contribution in [3.05, 3.63) is 135 Å². The number of carboxylic acid groups (broad SMARTS) is 1. The maximum absolute atomic E-state index is 12.9. The predicted molar refractivity (Wildman–Crippen MR) is 167 cm³/mol. The molecule has 0 saturated carbocycles. The van der Waals surface area contributed by atoms with Crippen LogP contribution in [0.5, 0.6) is 0 Å². The molecule has 5 aromatic rings. The summed E-state index contributed by atoms with van der Waals surface area (Å²) in [4.78, 5) is 13.2. The minimum Gasteiger partial charge on any atom is -0.483 e. The standard InChI is InChI=1S/C33H25Cl2F3N2.CH2O2/c1-22-2-4-24(5-3-22)18-19-40-21-31(29-16-15-28(34)20-30(29)35)39-32(40)17-8-23-6-9-25(10-7-23)26-11-13-27(14-12-26)33(36,37)38;2-1-3/h2-17,20-21H,18-19H2,1H3;1H,(H,2,3)/b17-8+;. The molecule has 5 rings (SSSR count). The second-order valence-electron chi connectivity index (χ2n) is 9.67. The molecule has 1 heterocycles. The van der Waals surface area contributed by atoms with Gasteiger partial charge in [-0.3, -0.25) is 4.79 Å². The van der Waals surface area contributed by atoms with E-state index >= 15 is 0 Å². The largest absolute Gasteiger partial charge is 0.483 e. The van der Waals surface area contributed by atoms with E-state index < -0.39 is 11.7 Å². The van der Waals surface area contributed by atoms with Gasteiger partial charge in [-0.05, 0) is 72.0 Å². The second kappa shape index (κ2) is 14.2. The Hall–Kier alpha value is -4.33. The Bertz CT molecular complexity index is 1690. The molecule has 9 heteroatoms. The van der Waals surface area contributed by atoms with Crippen molar-refractivity contribution < 1.29 is 23.1 Å². The maximum Gasteiger partial charge on any atom is 0.416 e. The summed E-state index contributed by atoms with van der Waals surface area (Å²) in [6.45, 7) is 2.55. The molecule has 1 aromatic heterocycles. The zero-order valence-corrected chi connectivity index (χ0v) is 24.5. The van der Waals surface area contributed by atoms with Crippen LogP contribution in [0.2, 0.25) is 10.0 Å². The maximum atomic E-state index is 12.9. The number of aryl methyl sites for hydroxylation is 3. The Kier molecular flexibility index (Phi) is 10.5. The summed E-state index contributed by atoms with van der Waals surface area (Å²) in [6.07, 6.45) is 2.41. The van der Waals surface area contributed by atoms with Crippen LogP contribution in [-0.4, -0.2) is 21.1 Å². The molecule has 43 heavy (non-hydrogen) atoms. The van der Waals surface area contributed by atoms with Crippen molar-refractivity contribution in [2.45, 2.75) is 26.1 Å². The van der Waals surface area contributed by atoms with Crippen molar-refractivity contribution in [2.75, 3.05) is 0 Å². The first-order chi connectivity index (χ1) is 20.6. The number of hydrogen-bond donors (Lipinski definition) is 1. The summed E-state index contributed by atoms with van der Waals surface area (Å²) in [6, 6.07) is 26.7. The molecular weight excluding hydrogens is 596 g/mol. The van der Waals surface area contributed by atoms with Crippen LogP contribution in [0.4, 0.5) is 13.2 Å². The lowest BCUT2D eigenvalue weighted by Crippen LogP contribution is -2.03. The molecule has 220 valence electrons. The van der Waals surface area contributed by atoms with Gasteiger partial charge in [0.2, 0.25) is 0 Å². The molecule has 0 spiro atoms. The van der Waals surface area contributed by atoms with E-state index in [1.807, 2.05) is 48.7 Å². The smallest absolute Gasteiger partial charge is 0.416 e. The average molecular weight is 624 g/mol. The Morgan fingerprint density at radius 1 is 0.860 bits per heavy atom. The average Bonchev–Trinajstić information content (AvgIpc) is 3.38. The van der Waals surface area contributed by atoms with Crippen molar-refractivity contribution in [3.8, 4) is 22.4 Å². The Balaban J connectivity index is 0.00000135. The van der Waals surface area contributed by atoms with Gasteiger partial charge < -0.3 is 9.67 Å². The van der Waals surface area contributed by atoms with E-state index in [-0.39, 0.29) is 6.47 Å². The molecule has 0 unspecified atom stereocenters. The van der Waals surface area contributed by atoms with Gasteiger partial charge in [-0.2, -0.15) is 13.2 Å². The molecule has 0 fully saturated rings. The first kappa shape index (κ1) is 31.6. The summed E-state index contributed by atoms with van der Waals surface area (Å²) < 4.78 is 40.8. The lowest BCUT2D eigenvalue weighted by molar-refractivity contribution is -0.137. The van der Waals surface area contributed by atoms with Gasteiger partial charge in [0.15, 0.2) is 0 Å². The number of hydrogen-bond acceptors (Lipinski definition) is 2. The minimum absolute atomic E-state index is 0.250. The van der Waals surface area contributed by atoms with E-state index in [4.69, 9.17) is 38.1 Å². The third-order valence-corrected chi connectivity index (χ3v) is 7.21. The second-order valence-corrected chi connectivity index (χ2v) is 10.5. The van der Waals surface area contributed by atoms with Gasteiger partial charge in [0.05, 0.1) is 16.3 Å². The van der Waals surface area contributed by atoms with Gasteiger partial charge in [0, 0.05) is 23.3 Å². The topological polar surface area (TPSA) is 55.1 Å². The van der Waals surface area contributed by atoms with E-state index in [0.717, 1.165) is 58.9 Å². The first-order valence-electron chi connectivity index (χ1n) is 13.2. The predicted octanol–water partition coefficient (Wildman–Crippen LogP) is 9.97. The number of halogens is 5.